The summed E-state index contributed by atoms with van der Waals surface area (Å²) in [7, 11) is 7.70. The highest BCUT2D eigenvalue weighted by Gasteiger charge is 2.57. The number of ether oxygens (including phenoxy) is 1. The fourth-order valence-corrected chi connectivity index (χ4v) is 6.79. The predicted octanol–water partition coefficient (Wildman–Crippen LogP) is 5.29. The van der Waals surface area contributed by atoms with Crippen molar-refractivity contribution in [3.63, 3.8) is 0 Å². The average Bonchev–Trinajstić information content (AvgIpc) is 3.43. The van der Waals surface area contributed by atoms with Crippen molar-refractivity contribution >= 4 is 33.9 Å². The number of alkyl halides is 2. The molecule has 3 N–H and O–H groups in total. The third-order valence-electron chi connectivity index (χ3n) is 9.05. The Kier molecular flexibility index (Phi) is 7.76. The number of anilines is 4. The molecule has 14 heteroatoms. The number of aryl methyl sites for hydroxylation is 1. The van der Waals surface area contributed by atoms with Gasteiger partial charge in [0.1, 0.15) is 12.0 Å². The Balaban J connectivity index is 1.30. The van der Waals surface area contributed by atoms with E-state index >= 15 is 0 Å². The van der Waals surface area contributed by atoms with Crippen LogP contribution in [0.15, 0.2) is 65.9 Å². The zero-order valence-electron chi connectivity index (χ0n) is 26.4. The van der Waals surface area contributed by atoms with Crippen molar-refractivity contribution < 1.29 is 23.0 Å². The molecule has 7 rings (SSSR count). The number of para-hydroxylation sites is 1. The molecule has 0 amide bonds. The van der Waals surface area contributed by atoms with Crippen LogP contribution in [0.25, 0.3) is 33.6 Å². The van der Waals surface area contributed by atoms with Gasteiger partial charge in [0.15, 0.2) is 0 Å². The summed E-state index contributed by atoms with van der Waals surface area (Å²) in [6, 6.07) is 11.9. The first-order valence-electron chi connectivity index (χ1n) is 15.2. The van der Waals surface area contributed by atoms with E-state index in [1.54, 1.807) is 7.11 Å². The number of methoxy groups -OCH3 is 1. The van der Waals surface area contributed by atoms with Crippen molar-refractivity contribution in [2.24, 2.45) is 18.9 Å². The molecule has 1 aliphatic carbocycles. The molecule has 3 unspecified atom stereocenters. The highest BCUT2D eigenvalue weighted by atomic mass is 19.3. The second kappa shape index (κ2) is 11.9. The van der Waals surface area contributed by atoms with E-state index in [-0.39, 0.29) is 11.8 Å². The van der Waals surface area contributed by atoms with Gasteiger partial charge in [0, 0.05) is 68.2 Å². The maximum atomic E-state index is 13.4. The van der Waals surface area contributed by atoms with E-state index in [9.17, 15) is 13.9 Å². The number of piperidine rings is 1. The minimum atomic E-state index is -2.92. The number of halogens is 2. The number of hydrogen-bond acceptors (Lipinski definition) is 11. The van der Waals surface area contributed by atoms with Crippen LogP contribution >= 0.6 is 0 Å². The molecule has 2 aliphatic rings. The molecule has 4 heterocycles. The van der Waals surface area contributed by atoms with Gasteiger partial charge in [0.05, 0.1) is 35.4 Å². The van der Waals surface area contributed by atoms with Crippen LogP contribution in [0.1, 0.15) is 12.3 Å². The molecular weight excluding hydrogens is 608 g/mol. The van der Waals surface area contributed by atoms with Gasteiger partial charge >= 0.3 is 6.43 Å². The fourth-order valence-electron chi connectivity index (χ4n) is 6.79. The highest BCUT2D eigenvalue weighted by Crippen LogP contribution is 2.51. The maximum absolute atomic E-state index is 13.4. The van der Waals surface area contributed by atoms with Crippen LogP contribution in [0.3, 0.4) is 0 Å². The van der Waals surface area contributed by atoms with E-state index < -0.39 is 18.5 Å². The molecule has 12 nitrogen and oxygen atoms in total. The molecule has 3 atom stereocenters. The molecule has 0 radical (unpaired) electrons. The average molecular weight is 644 g/mol. The van der Waals surface area contributed by atoms with E-state index in [1.807, 2.05) is 54.2 Å². The Hall–Kier alpha value is -5.08. The van der Waals surface area contributed by atoms with Crippen LogP contribution in [-0.4, -0.2) is 81.3 Å². The van der Waals surface area contributed by atoms with Gasteiger partial charge in [0.2, 0.25) is 5.95 Å². The number of benzene rings is 2. The Morgan fingerprint density at radius 3 is 2.60 bits per heavy atom. The van der Waals surface area contributed by atoms with E-state index in [0.29, 0.717) is 46.3 Å². The summed E-state index contributed by atoms with van der Waals surface area (Å²) >= 11 is 0. The Labute approximate surface area is 269 Å². The quantitative estimate of drug-likeness (QED) is 0.128. The second-order valence-corrected chi connectivity index (χ2v) is 12.0. The van der Waals surface area contributed by atoms with Gasteiger partial charge in [-0.1, -0.05) is 24.8 Å². The second-order valence-electron chi connectivity index (χ2n) is 12.0. The minimum Gasteiger partial charge on any atom is -0.494 e. The van der Waals surface area contributed by atoms with Gasteiger partial charge in [-0.3, -0.25) is 0 Å². The molecule has 1 aliphatic heterocycles. The van der Waals surface area contributed by atoms with Gasteiger partial charge in [-0.05, 0) is 37.1 Å². The minimum absolute atomic E-state index is 0.124. The van der Waals surface area contributed by atoms with Crippen molar-refractivity contribution in [3.8, 4) is 28.5 Å². The largest absolute Gasteiger partial charge is 0.494 e. The lowest BCUT2D eigenvalue weighted by Crippen LogP contribution is -2.31. The summed E-state index contributed by atoms with van der Waals surface area (Å²) in [5.74, 6) is 0.998. The summed E-state index contributed by atoms with van der Waals surface area (Å²) in [4.78, 5) is 13.9. The van der Waals surface area contributed by atoms with Crippen molar-refractivity contribution in [2.45, 2.75) is 18.7 Å². The molecule has 244 valence electrons. The number of nitrogens with zero attached hydrogens (tertiary/aromatic N) is 7. The summed E-state index contributed by atoms with van der Waals surface area (Å²) in [6.45, 7) is 5.81. The van der Waals surface area contributed by atoms with Gasteiger partial charge in [0.25, 0.3) is 11.8 Å². The molecular formula is C33H35F2N9O3. The lowest BCUT2D eigenvalue weighted by Gasteiger charge is -2.28. The van der Waals surface area contributed by atoms with Crippen molar-refractivity contribution in [1.29, 1.82) is 0 Å². The first-order chi connectivity index (χ1) is 22.7. The number of hydrogen-bond donors (Lipinski definition) is 3. The van der Waals surface area contributed by atoms with E-state index in [4.69, 9.17) is 14.1 Å². The number of aliphatic hydroxyl groups excluding tert-OH is 1. The van der Waals surface area contributed by atoms with Crippen molar-refractivity contribution in [3.05, 3.63) is 67.3 Å². The summed E-state index contributed by atoms with van der Waals surface area (Å²) in [5.41, 5.74) is 4.45. The van der Waals surface area contributed by atoms with Crippen LogP contribution in [0.5, 0.6) is 5.75 Å². The summed E-state index contributed by atoms with van der Waals surface area (Å²) in [6.07, 6.45) is 0.871. The maximum Gasteiger partial charge on any atom is 0.314 e. The Morgan fingerprint density at radius 1 is 1.13 bits per heavy atom. The molecule has 47 heavy (non-hydrogen) atoms. The van der Waals surface area contributed by atoms with Crippen molar-refractivity contribution in [2.75, 3.05) is 49.8 Å². The Morgan fingerprint density at radius 2 is 1.89 bits per heavy atom. The molecule has 2 fully saturated rings. The van der Waals surface area contributed by atoms with E-state index in [1.165, 1.54) is 12.3 Å². The monoisotopic (exact) mass is 643 g/mol. The molecule has 1 saturated carbocycles. The number of likely N-dealkylation sites (tertiary alicyclic amines) is 1. The first kappa shape index (κ1) is 30.6. The SMILES string of the molecule is C=CC(O)Nc1cc(Nc2ncc(-c3nnc(C(F)F)o3)c(-c3cn(C)c4ccccc34)n2)c(OC)cc1N(C)C1C2CN(C)CC21. The molecule has 5 aromatic rings. The number of nitrogens with one attached hydrogen (secondary N) is 2. The lowest BCUT2D eigenvalue weighted by atomic mass is 10.1. The lowest BCUT2D eigenvalue weighted by molar-refractivity contribution is 0.116. The zero-order valence-corrected chi connectivity index (χ0v) is 26.4. The third-order valence-corrected chi connectivity index (χ3v) is 9.05. The number of fused-ring (bicyclic) bond motifs is 2. The Bertz CT molecular complexity index is 1950. The smallest absolute Gasteiger partial charge is 0.314 e. The molecule has 0 spiro atoms. The van der Waals surface area contributed by atoms with Gasteiger partial charge in [-0.2, -0.15) is 8.78 Å². The molecule has 3 aromatic heterocycles. The van der Waals surface area contributed by atoms with Crippen molar-refractivity contribution in [1.82, 2.24) is 29.6 Å². The van der Waals surface area contributed by atoms with Crippen LogP contribution < -0.4 is 20.3 Å². The number of rotatable bonds is 11. The summed E-state index contributed by atoms with van der Waals surface area (Å²) < 4.78 is 39.8. The van der Waals surface area contributed by atoms with Crippen LogP contribution in [0.2, 0.25) is 0 Å². The molecule has 2 aromatic carbocycles. The standard InChI is InChI=1S/C33H35F2N9O3/c1-6-27(45)37-22-11-23(26(46-5)12-25(22)44(4)29-20-14-42(2)15-21(20)29)38-33-36-13-18(31-40-41-32(47-31)30(34)35)28(39-33)19-16-43(3)24-10-8-7-9-17(19)24/h6-13,16,20-21,27,29-30,37,45H,1,14-15H2,2-5H3,(H,36,38,39). The fraction of sp³-hybridized carbons (Fsp3) is 0.333. The van der Waals surface area contributed by atoms with Gasteiger partial charge in [-0.15, -0.1) is 10.2 Å². The topological polar surface area (TPSA) is 130 Å². The van der Waals surface area contributed by atoms with E-state index in [2.05, 4.69) is 56.3 Å². The predicted molar refractivity (Wildman–Crippen MR) is 175 cm³/mol. The van der Waals surface area contributed by atoms with Crippen LogP contribution in [0.4, 0.5) is 31.8 Å². The highest BCUT2D eigenvalue weighted by molar-refractivity contribution is 5.98. The number of aromatic nitrogens is 5. The number of aliphatic hydroxyl groups is 1. The van der Waals surface area contributed by atoms with Gasteiger partial charge < -0.3 is 39.3 Å². The first-order valence-corrected chi connectivity index (χ1v) is 15.2. The van der Waals surface area contributed by atoms with Gasteiger partial charge in [-0.25, -0.2) is 9.97 Å². The van der Waals surface area contributed by atoms with Crippen LogP contribution in [-0.2, 0) is 7.05 Å². The molecule has 0 bridgehead atoms. The molecule has 1 saturated heterocycles. The normalized spacial score (nSPS) is 19.5. The van der Waals surface area contributed by atoms with E-state index in [0.717, 1.165) is 35.2 Å². The summed E-state index contributed by atoms with van der Waals surface area (Å²) in [5, 5.41) is 25.2. The van der Waals surface area contributed by atoms with Crippen LogP contribution in [0, 0.1) is 11.8 Å². The third kappa shape index (κ3) is 5.52. The zero-order chi connectivity index (χ0) is 33.0.